The first-order valence-corrected chi connectivity index (χ1v) is 5.82. The molecule has 2 unspecified atom stereocenters. The molecule has 1 aliphatic carbocycles. The van der Waals surface area contributed by atoms with Crippen molar-refractivity contribution in [2.75, 3.05) is 0 Å². The van der Waals surface area contributed by atoms with E-state index in [1.165, 1.54) is 11.1 Å². The van der Waals surface area contributed by atoms with E-state index in [2.05, 4.69) is 62.2 Å². The predicted molar refractivity (Wildman–Crippen MR) is 70.0 cm³/mol. The molecule has 0 amide bonds. The lowest BCUT2D eigenvalue weighted by molar-refractivity contribution is 0.512. The van der Waals surface area contributed by atoms with Crippen molar-refractivity contribution in [3.05, 3.63) is 59.9 Å². The zero-order chi connectivity index (χ0) is 11.5. The number of fused-ring (bicyclic) bond motifs is 1. The maximum Gasteiger partial charge on any atom is 0.0515 e. The molecule has 0 saturated heterocycles. The molecule has 2 rings (SSSR count). The van der Waals surface area contributed by atoms with E-state index >= 15 is 0 Å². The summed E-state index contributed by atoms with van der Waals surface area (Å²) < 4.78 is 0. The highest BCUT2D eigenvalue weighted by Gasteiger charge is 2.19. The van der Waals surface area contributed by atoms with Crippen molar-refractivity contribution >= 4 is 0 Å². The van der Waals surface area contributed by atoms with Crippen LogP contribution < -0.4 is 5.32 Å². The molecule has 0 aromatic heterocycles. The van der Waals surface area contributed by atoms with Gasteiger partial charge in [0.15, 0.2) is 0 Å². The molecule has 1 heteroatoms. The maximum absolute atomic E-state index is 4.05. The topological polar surface area (TPSA) is 12.0 Å². The van der Waals surface area contributed by atoms with Gasteiger partial charge in [-0.2, -0.15) is 0 Å². The van der Waals surface area contributed by atoms with E-state index in [1.54, 1.807) is 0 Å². The first-order chi connectivity index (χ1) is 7.65. The molecular formula is C15H19N. The first kappa shape index (κ1) is 11.0. The quantitative estimate of drug-likeness (QED) is 0.649. The molecule has 16 heavy (non-hydrogen) atoms. The van der Waals surface area contributed by atoms with Crippen molar-refractivity contribution in [3.63, 3.8) is 0 Å². The van der Waals surface area contributed by atoms with Crippen molar-refractivity contribution in [2.24, 2.45) is 5.92 Å². The molecule has 1 nitrogen and oxygen atoms in total. The zero-order valence-electron chi connectivity index (χ0n) is 10.0. The van der Waals surface area contributed by atoms with Gasteiger partial charge in [0.2, 0.25) is 0 Å². The van der Waals surface area contributed by atoms with Crippen LogP contribution >= 0.6 is 0 Å². The average molecular weight is 213 g/mol. The number of rotatable bonds is 0. The van der Waals surface area contributed by atoms with E-state index in [0.29, 0.717) is 12.0 Å². The fourth-order valence-electron chi connectivity index (χ4n) is 2.22. The van der Waals surface area contributed by atoms with Crippen LogP contribution in [0.4, 0.5) is 0 Å². The molecular weight excluding hydrogens is 194 g/mol. The lowest BCUT2D eigenvalue weighted by Crippen LogP contribution is -2.33. The van der Waals surface area contributed by atoms with Crippen LogP contribution in [0.1, 0.15) is 20.3 Å². The summed E-state index contributed by atoms with van der Waals surface area (Å²) in [6.45, 7) is 8.30. The summed E-state index contributed by atoms with van der Waals surface area (Å²) in [5, 5.41) is 3.48. The van der Waals surface area contributed by atoms with Crippen molar-refractivity contribution in [1.29, 1.82) is 0 Å². The Morgan fingerprint density at radius 2 is 2.06 bits per heavy atom. The molecule has 0 saturated carbocycles. The largest absolute Gasteiger partial charge is 0.379 e. The smallest absolute Gasteiger partial charge is 0.0515 e. The monoisotopic (exact) mass is 213 g/mol. The lowest BCUT2D eigenvalue weighted by atomic mass is 9.89. The highest BCUT2D eigenvalue weighted by molar-refractivity contribution is 5.32. The van der Waals surface area contributed by atoms with Crippen LogP contribution in [0.5, 0.6) is 0 Å². The van der Waals surface area contributed by atoms with Gasteiger partial charge in [0.25, 0.3) is 0 Å². The molecule has 0 fully saturated rings. The summed E-state index contributed by atoms with van der Waals surface area (Å²) in [6, 6.07) is 0.379. The Hall–Kier alpha value is -1.50. The third kappa shape index (κ3) is 2.54. The lowest BCUT2D eigenvalue weighted by Gasteiger charge is -2.26. The second-order valence-electron chi connectivity index (χ2n) is 4.66. The number of hydrogen-bond acceptors (Lipinski definition) is 1. The van der Waals surface area contributed by atoms with Crippen LogP contribution in [0.15, 0.2) is 59.9 Å². The molecule has 0 bridgehead atoms. The van der Waals surface area contributed by atoms with Crippen molar-refractivity contribution in [3.8, 4) is 0 Å². The molecule has 1 N–H and O–H groups in total. The van der Waals surface area contributed by atoms with E-state index in [9.17, 15) is 0 Å². The normalized spacial score (nSPS) is 34.5. The maximum atomic E-state index is 4.05. The van der Waals surface area contributed by atoms with Crippen molar-refractivity contribution < 1.29 is 0 Å². The second-order valence-corrected chi connectivity index (χ2v) is 4.66. The van der Waals surface area contributed by atoms with Crippen LogP contribution in [0.3, 0.4) is 0 Å². The van der Waals surface area contributed by atoms with Crippen molar-refractivity contribution in [2.45, 2.75) is 26.3 Å². The molecule has 0 aromatic rings. The summed E-state index contributed by atoms with van der Waals surface area (Å²) in [4.78, 5) is 0. The third-order valence-corrected chi connectivity index (χ3v) is 3.05. The van der Waals surface area contributed by atoms with Crippen molar-refractivity contribution in [1.82, 2.24) is 5.32 Å². The molecule has 84 valence electrons. The van der Waals surface area contributed by atoms with Gasteiger partial charge in [0, 0.05) is 11.6 Å². The van der Waals surface area contributed by atoms with E-state index in [-0.39, 0.29) is 0 Å². The van der Waals surface area contributed by atoms with Gasteiger partial charge >= 0.3 is 0 Å². The van der Waals surface area contributed by atoms with Gasteiger partial charge in [-0.3, -0.25) is 0 Å². The summed E-state index contributed by atoms with van der Waals surface area (Å²) in [6.07, 6.45) is 14.4. The predicted octanol–water partition coefficient (Wildman–Crippen LogP) is 3.50. The highest BCUT2D eigenvalue weighted by Crippen LogP contribution is 2.23. The second kappa shape index (κ2) is 4.56. The van der Waals surface area contributed by atoms with Gasteiger partial charge in [-0.15, -0.1) is 0 Å². The molecule has 2 atom stereocenters. The van der Waals surface area contributed by atoms with Gasteiger partial charge in [0.05, 0.1) is 6.04 Å². The van der Waals surface area contributed by atoms with Crippen LogP contribution in [-0.2, 0) is 0 Å². The van der Waals surface area contributed by atoms with Gasteiger partial charge < -0.3 is 5.32 Å². The number of nitrogens with one attached hydrogen (secondary N) is 1. The Balaban J connectivity index is 2.25. The first-order valence-electron chi connectivity index (χ1n) is 5.82. The minimum absolute atomic E-state index is 0.379. The number of hydrogen-bond donors (Lipinski definition) is 1. The van der Waals surface area contributed by atoms with E-state index in [1.807, 2.05) is 0 Å². The average Bonchev–Trinajstić information content (AvgIpc) is 2.26. The van der Waals surface area contributed by atoms with Gasteiger partial charge in [-0.25, -0.2) is 0 Å². The SMILES string of the molecule is C=C1/C=C(C)\C=C/CC2C=CC(C)=CC2N1. The molecule has 2 aliphatic rings. The fraction of sp³-hybridized carbons (Fsp3) is 0.333. The highest BCUT2D eigenvalue weighted by atomic mass is 14.9. The van der Waals surface area contributed by atoms with E-state index in [0.717, 1.165) is 12.1 Å². The zero-order valence-corrected chi connectivity index (χ0v) is 10.0. The Bertz CT molecular complexity index is 407. The summed E-state index contributed by atoms with van der Waals surface area (Å²) >= 11 is 0. The summed E-state index contributed by atoms with van der Waals surface area (Å²) in [5.41, 5.74) is 3.57. The van der Waals surface area contributed by atoms with Crippen LogP contribution in [0, 0.1) is 5.92 Å². The summed E-state index contributed by atoms with van der Waals surface area (Å²) in [5.74, 6) is 0.538. The van der Waals surface area contributed by atoms with Crippen LogP contribution in [0.25, 0.3) is 0 Å². The Kier molecular flexibility index (Phi) is 3.14. The molecule has 0 aromatic carbocycles. The van der Waals surface area contributed by atoms with E-state index in [4.69, 9.17) is 0 Å². The molecule has 1 heterocycles. The standard InChI is InChI=1S/C15H19N/c1-11-5-4-6-14-8-7-12(2)10-15(14)16-13(3)9-11/h4-5,7-10,14-16H,3,6H2,1-2H3/b5-4-,11-9-. The Morgan fingerprint density at radius 1 is 1.25 bits per heavy atom. The Labute approximate surface area is 97.9 Å². The summed E-state index contributed by atoms with van der Waals surface area (Å²) in [7, 11) is 0. The van der Waals surface area contributed by atoms with Crippen LogP contribution in [-0.4, -0.2) is 6.04 Å². The molecule has 0 spiro atoms. The number of allylic oxidation sites excluding steroid dienone is 6. The third-order valence-electron chi connectivity index (χ3n) is 3.05. The Morgan fingerprint density at radius 3 is 2.88 bits per heavy atom. The van der Waals surface area contributed by atoms with E-state index < -0.39 is 0 Å². The molecule has 0 radical (unpaired) electrons. The molecule has 1 aliphatic heterocycles. The minimum Gasteiger partial charge on any atom is -0.379 e. The minimum atomic E-state index is 0.379. The van der Waals surface area contributed by atoms with Crippen LogP contribution in [0.2, 0.25) is 0 Å². The van der Waals surface area contributed by atoms with Gasteiger partial charge in [-0.05, 0) is 31.9 Å². The van der Waals surface area contributed by atoms with Gasteiger partial charge in [-0.1, -0.05) is 42.5 Å². The fourth-order valence-corrected chi connectivity index (χ4v) is 2.22. The van der Waals surface area contributed by atoms with Gasteiger partial charge in [0.1, 0.15) is 0 Å².